The number of nitrogens with two attached hydrogens (primary N) is 1. The van der Waals surface area contributed by atoms with Gasteiger partial charge in [0.2, 0.25) is 17.7 Å². The van der Waals surface area contributed by atoms with Gasteiger partial charge in [-0.15, -0.1) is 0 Å². The van der Waals surface area contributed by atoms with Crippen molar-refractivity contribution in [1.82, 2.24) is 25.8 Å². The minimum absolute atomic E-state index is 0.0170. The summed E-state index contributed by atoms with van der Waals surface area (Å²) < 4.78 is 0. The van der Waals surface area contributed by atoms with Crippen LogP contribution < -0.4 is 21.7 Å². The Bertz CT molecular complexity index is 1070. The predicted molar refractivity (Wildman–Crippen MR) is 153 cm³/mol. The molecule has 1 aliphatic rings. The normalized spacial score (nSPS) is 12.5. The Hall–Kier alpha value is -4.26. The number of carboxylic acids is 1. The lowest BCUT2D eigenvalue weighted by Gasteiger charge is -2.28. The molecule has 0 bridgehead atoms. The van der Waals surface area contributed by atoms with Gasteiger partial charge in [-0.1, -0.05) is 37.3 Å². The molecule has 0 saturated heterocycles. The van der Waals surface area contributed by atoms with Crippen molar-refractivity contribution in [2.24, 2.45) is 15.7 Å². The minimum atomic E-state index is -1.19. The van der Waals surface area contributed by atoms with Gasteiger partial charge in [0.15, 0.2) is 0 Å². The molecule has 13 heteroatoms. The molecule has 1 aliphatic heterocycles. The Morgan fingerprint density at radius 3 is 2.48 bits per heavy atom. The first kappa shape index (κ1) is 32.0. The molecule has 0 saturated carbocycles. The number of allylic oxidation sites excluding steroid dienone is 1. The van der Waals surface area contributed by atoms with Crippen LogP contribution in [0.25, 0.3) is 0 Å². The van der Waals surface area contributed by atoms with Crippen molar-refractivity contribution in [1.29, 1.82) is 0 Å². The third-order valence-corrected chi connectivity index (χ3v) is 5.77. The number of amidine groups is 1. The molecular weight excluding hydrogens is 516 g/mol. The smallest absolute Gasteiger partial charge is 0.322 e. The van der Waals surface area contributed by atoms with Crippen LogP contribution in [-0.4, -0.2) is 103 Å². The molecule has 0 aliphatic carbocycles. The molecule has 0 unspecified atom stereocenters. The third-order valence-electron chi connectivity index (χ3n) is 5.77. The fourth-order valence-corrected chi connectivity index (χ4v) is 3.77. The lowest BCUT2D eigenvalue weighted by atomic mass is 10.2. The number of benzene rings is 1. The van der Waals surface area contributed by atoms with Crippen LogP contribution in [0.3, 0.4) is 0 Å². The number of carboxylic acid groups (broad SMARTS) is 1. The van der Waals surface area contributed by atoms with Crippen molar-refractivity contribution in [3.63, 3.8) is 0 Å². The standard InChI is InChI=1S/C27H40N8O5/c1-2-7-22(28)30-11-6-15-34(19-24(36)33-17-27(39)40)26(38)20-35(18-21-8-4-3-5-9-21)25(37)16-29-12-10-23-31-13-14-32-23/h3-5,7-9,13,29-30H,2,6,10-12,14-20,28H2,1H3,(H,33,36)(H,39,40)/b22-7+. The van der Waals surface area contributed by atoms with Crippen LogP contribution in [0.5, 0.6) is 0 Å². The van der Waals surface area contributed by atoms with Gasteiger partial charge in [-0.2, -0.15) is 0 Å². The summed E-state index contributed by atoms with van der Waals surface area (Å²) in [4.78, 5) is 60.9. The van der Waals surface area contributed by atoms with E-state index in [-0.39, 0.29) is 38.6 Å². The van der Waals surface area contributed by atoms with Crippen LogP contribution in [0.4, 0.5) is 0 Å². The van der Waals surface area contributed by atoms with E-state index >= 15 is 0 Å². The molecule has 218 valence electrons. The van der Waals surface area contributed by atoms with E-state index < -0.39 is 24.3 Å². The van der Waals surface area contributed by atoms with Crippen LogP contribution >= 0.6 is 0 Å². The molecule has 1 aromatic rings. The molecule has 0 aromatic heterocycles. The fourth-order valence-electron chi connectivity index (χ4n) is 3.77. The summed E-state index contributed by atoms with van der Waals surface area (Å²) in [5.41, 5.74) is 6.71. The van der Waals surface area contributed by atoms with Gasteiger partial charge in [0.05, 0.1) is 25.5 Å². The largest absolute Gasteiger partial charge is 0.480 e. The highest BCUT2D eigenvalue weighted by Crippen LogP contribution is 2.07. The fraction of sp³-hybridized carbons (Fsp3) is 0.481. The van der Waals surface area contributed by atoms with Gasteiger partial charge in [0, 0.05) is 38.8 Å². The number of carbonyl (C=O) groups excluding carboxylic acids is 3. The van der Waals surface area contributed by atoms with Crippen LogP contribution in [-0.2, 0) is 25.7 Å². The quantitative estimate of drug-likeness (QED) is 0.144. The zero-order valence-corrected chi connectivity index (χ0v) is 23.0. The van der Waals surface area contributed by atoms with Gasteiger partial charge in [-0.05, 0) is 24.5 Å². The maximum atomic E-state index is 13.4. The van der Waals surface area contributed by atoms with E-state index in [0.29, 0.717) is 38.3 Å². The Balaban J connectivity index is 2.05. The number of hydrogen-bond donors (Lipinski definition) is 5. The van der Waals surface area contributed by atoms with E-state index in [1.165, 1.54) is 9.80 Å². The van der Waals surface area contributed by atoms with E-state index in [1.807, 2.05) is 43.3 Å². The molecule has 2 rings (SSSR count). The number of amides is 3. The second kappa shape index (κ2) is 18.1. The number of rotatable bonds is 19. The minimum Gasteiger partial charge on any atom is -0.480 e. The van der Waals surface area contributed by atoms with Crippen molar-refractivity contribution >= 4 is 35.7 Å². The second-order valence-corrected chi connectivity index (χ2v) is 9.06. The molecule has 0 fully saturated rings. The second-order valence-electron chi connectivity index (χ2n) is 9.06. The van der Waals surface area contributed by atoms with Gasteiger partial charge >= 0.3 is 5.97 Å². The Morgan fingerprint density at radius 2 is 1.80 bits per heavy atom. The molecular formula is C27H40N8O5. The number of carbonyl (C=O) groups is 4. The number of nitrogens with zero attached hydrogens (tertiary/aromatic N) is 4. The highest BCUT2D eigenvalue weighted by atomic mass is 16.4. The van der Waals surface area contributed by atoms with Gasteiger partial charge < -0.3 is 36.6 Å². The molecule has 40 heavy (non-hydrogen) atoms. The van der Waals surface area contributed by atoms with E-state index in [0.717, 1.165) is 17.8 Å². The molecule has 0 spiro atoms. The summed E-state index contributed by atoms with van der Waals surface area (Å²) in [5.74, 6) is -1.24. The maximum Gasteiger partial charge on any atom is 0.322 e. The first-order valence-electron chi connectivity index (χ1n) is 13.3. The van der Waals surface area contributed by atoms with Gasteiger partial charge in [-0.3, -0.25) is 24.2 Å². The Morgan fingerprint density at radius 1 is 1.02 bits per heavy atom. The van der Waals surface area contributed by atoms with Crippen molar-refractivity contribution in [3.8, 4) is 0 Å². The Kier molecular flexibility index (Phi) is 14.5. The summed E-state index contributed by atoms with van der Waals surface area (Å²) in [6.07, 6.45) is 5.41. The summed E-state index contributed by atoms with van der Waals surface area (Å²) in [6, 6.07) is 9.30. The SMILES string of the molecule is CC/C=C(\N)NCCCN(CC(=O)NCC(=O)O)C(=O)CN(Cc1ccccc1)C(=O)CNCCC1=NCC=N1. The van der Waals surface area contributed by atoms with E-state index in [9.17, 15) is 19.2 Å². The summed E-state index contributed by atoms with van der Waals surface area (Å²) in [5, 5.41) is 17.3. The zero-order chi connectivity index (χ0) is 29.2. The maximum absolute atomic E-state index is 13.4. The first-order valence-corrected chi connectivity index (χ1v) is 13.3. The van der Waals surface area contributed by atoms with Gasteiger partial charge in [-0.25, -0.2) is 4.99 Å². The van der Waals surface area contributed by atoms with Crippen LogP contribution in [0.2, 0.25) is 0 Å². The number of aliphatic carboxylic acids is 1. The highest BCUT2D eigenvalue weighted by molar-refractivity contribution is 5.94. The number of aliphatic imine (C=N–C) groups is 2. The molecule has 3 amide bonds. The summed E-state index contributed by atoms with van der Waals surface area (Å²) >= 11 is 0. The lowest BCUT2D eigenvalue weighted by Crippen LogP contribution is -2.48. The van der Waals surface area contributed by atoms with Crippen molar-refractivity contribution in [2.45, 2.75) is 32.7 Å². The topological polar surface area (TPSA) is 182 Å². The lowest BCUT2D eigenvalue weighted by molar-refractivity contribution is -0.143. The van der Waals surface area contributed by atoms with Crippen molar-refractivity contribution in [2.75, 3.05) is 52.4 Å². The van der Waals surface area contributed by atoms with Crippen LogP contribution in [0.15, 0.2) is 52.2 Å². The molecule has 13 nitrogen and oxygen atoms in total. The summed E-state index contributed by atoms with van der Waals surface area (Å²) in [7, 11) is 0. The van der Waals surface area contributed by atoms with E-state index in [2.05, 4.69) is 25.9 Å². The monoisotopic (exact) mass is 556 g/mol. The predicted octanol–water partition coefficient (Wildman–Crippen LogP) is -0.303. The average molecular weight is 557 g/mol. The number of hydrogen-bond acceptors (Lipinski definition) is 9. The third kappa shape index (κ3) is 13.0. The van der Waals surface area contributed by atoms with Crippen LogP contribution in [0, 0.1) is 0 Å². The first-order chi connectivity index (χ1) is 19.3. The van der Waals surface area contributed by atoms with E-state index in [1.54, 1.807) is 6.21 Å². The zero-order valence-electron chi connectivity index (χ0n) is 23.0. The molecule has 0 atom stereocenters. The van der Waals surface area contributed by atoms with Gasteiger partial charge in [0.25, 0.3) is 0 Å². The summed E-state index contributed by atoms with van der Waals surface area (Å²) in [6.45, 7) is 2.81. The molecule has 0 radical (unpaired) electrons. The molecule has 1 aromatic carbocycles. The molecule has 6 N–H and O–H groups in total. The number of nitrogens with one attached hydrogen (secondary N) is 3. The van der Waals surface area contributed by atoms with Crippen molar-refractivity contribution in [3.05, 3.63) is 47.8 Å². The average Bonchev–Trinajstić information content (AvgIpc) is 3.45. The van der Waals surface area contributed by atoms with Gasteiger partial charge in [0.1, 0.15) is 18.9 Å². The van der Waals surface area contributed by atoms with E-state index in [4.69, 9.17) is 10.8 Å². The molecule has 1 heterocycles. The Labute approximate surface area is 234 Å². The highest BCUT2D eigenvalue weighted by Gasteiger charge is 2.23. The van der Waals surface area contributed by atoms with Crippen LogP contribution in [0.1, 0.15) is 31.7 Å². The van der Waals surface area contributed by atoms with Crippen molar-refractivity contribution < 1.29 is 24.3 Å².